The molecule has 0 atom stereocenters. The quantitative estimate of drug-likeness (QED) is 0.815. The fourth-order valence-corrected chi connectivity index (χ4v) is 3.73. The molecule has 2 aromatic carbocycles. The van der Waals surface area contributed by atoms with Gasteiger partial charge in [0.1, 0.15) is 0 Å². The highest BCUT2D eigenvalue weighted by Crippen LogP contribution is 2.27. The highest BCUT2D eigenvalue weighted by molar-refractivity contribution is 7.96. The summed E-state index contributed by atoms with van der Waals surface area (Å²) in [6.45, 7) is 0. The van der Waals surface area contributed by atoms with Crippen molar-refractivity contribution < 1.29 is 13.2 Å². The molecular weight excluding hydrogens is 346 g/mol. The van der Waals surface area contributed by atoms with Gasteiger partial charge in [0.05, 0.1) is 10.6 Å². The first-order chi connectivity index (χ1) is 11.5. The third kappa shape index (κ3) is 3.42. The Morgan fingerprint density at radius 1 is 1.08 bits per heavy atom. The topological polar surface area (TPSA) is 63.2 Å². The number of carbonyl (C=O) groups is 1. The molecule has 0 fully saturated rings. The van der Waals surface area contributed by atoms with Crippen LogP contribution in [0.15, 0.2) is 71.7 Å². The number of hydrogen-bond donors (Lipinski definition) is 1. The summed E-state index contributed by atoms with van der Waals surface area (Å²) in [7, 11) is -3.74. The number of benzene rings is 2. The zero-order valence-electron chi connectivity index (χ0n) is 12.6. The first kappa shape index (κ1) is 16.5. The first-order valence-corrected chi connectivity index (χ1v) is 9.12. The molecule has 0 spiro atoms. The zero-order chi connectivity index (χ0) is 17.2. The molecule has 1 aliphatic carbocycles. The summed E-state index contributed by atoms with van der Waals surface area (Å²) in [6.07, 6.45) is 5.48. The van der Waals surface area contributed by atoms with Crippen molar-refractivity contribution in [1.29, 1.82) is 0 Å². The lowest BCUT2D eigenvalue weighted by Gasteiger charge is -2.12. The Hall–Kier alpha value is -2.37. The molecule has 4 nitrogen and oxygen atoms in total. The SMILES string of the molecule is O=C(c1ccccc1)c1cc(Cl)ccc1NS(=O)(=O)C1=CCC=C1. The summed E-state index contributed by atoms with van der Waals surface area (Å²) >= 11 is 5.99. The van der Waals surface area contributed by atoms with Crippen molar-refractivity contribution in [2.24, 2.45) is 0 Å². The molecule has 1 aliphatic rings. The number of ketones is 1. The Labute approximate surface area is 145 Å². The maximum Gasteiger partial charge on any atom is 0.261 e. The number of hydrogen-bond acceptors (Lipinski definition) is 3. The van der Waals surface area contributed by atoms with E-state index in [1.54, 1.807) is 48.6 Å². The molecule has 0 unspecified atom stereocenters. The van der Waals surface area contributed by atoms with Crippen molar-refractivity contribution in [3.8, 4) is 0 Å². The summed E-state index contributed by atoms with van der Waals surface area (Å²) in [6, 6.07) is 13.1. The van der Waals surface area contributed by atoms with Crippen molar-refractivity contribution in [3.63, 3.8) is 0 Å². The Morgan fingerprint density at radius 2 is 1.83 bits per heavy atom. The maximum atomic E-state index is 12.7. The van der Waals surface area contributed by atoms with Crippen molar-refractivity contribution in [2.45, 2.75) is 6.42 Å². The number of carbonyl (C=O) groups excluding carboxylic acids is 1. The molecule has 3 rings (SSSR count). The third-order valence-electron chi connectivity index (χ3n) is 3.55. The molecule has 0 aromatic heterocycles. The fraction of sp³-hybridized carbons (Fsp3) is 0.0556. The average molecular weight is 360 g/mol. The Morgan fingerprint density at radius 3 is 2.50 bits per heavy atom. The number of sulfonamides is 1. The maximum absolute atomic E-state index is 12.7. The van der Waals surface area contributed by atoms with Gasteiger partial charge in [0.15, 0.2) is 5.78 Å². The van der Waals surface area contributed by atoms with Crippen LogP contribution >= 0.6 is 11.6 Å². The van der Waals surface area contributed by atoms with Crippen molar-refractivity contribution in [1.82, 2.24) is 0 Å². The van der Waals surface area contributed by atoms with Gasteiger partial charge in [-0.05, 0) is 30.7 Å². The second-order valence-corrected chi connectivity index (χ2v) is 7.35. The van der Waals surface area contributed by atoms with Crippen LogP contribution in [0.2, 0.25) is 5.02 Å². The van der Waals surface area contributed by atoms with Crippen molar-refractivity contribution in [3.05, 3.63) is 87.8 Å². The number of nitrogens with one attached hydrogen (secondary N) is 1. The Kier molecular flexibility index (Phi) is 4.55. The number of rotatable bonds is 5. The van der Waals surface area contributed by atoms with E-state index in [0.717, 1.165) is 0 Å². The minimum Gasteiger partial charge on any atom is -0.289 e. The van der Waals surface area contributed by atoms with E-state index in [1.807, 2.05) is 0 Å². The van der Waals surface area contributed by atoms with Gasteiger partial charge >= 0.3 is 0 Å². The van der Waals surface area contributed by atoms with E-state index in [-0.39, 0.29) is 21.9 Å². The predicted octanol–water partition coefficient (Wildman–Crippen LogP) is 4.16. The summed E-state index contributed by atoms with van der Waals surface area (Å²) in [4.78, 5) is 12.9. The van der Waals surface area contributed by atoms with Gasteiger partial charge in [-0.1, -0.05) is 54.1 Å². The average Bonchev–Trinajstić information content (AvgIpc) is 3.12. The zero-order valence-corrected chi connectivity index (χ0v) is 14.1. The van der Waals surface area contributed by atoms with E-state index in [0.29, 0.717) is 17.0 Å². The molecule has 122 valence electrons. The van der Waals surface area contributed by atoms with E-state index in [4.69, 9.17) is 11.6 Å². The molecule has 0 bridgehead atoms. The van der Waals surface area contributed by atoms with Gasteiger partial charge < -0.3 is 0 Å². The molecule has 1 N–H and O–H groups in total. The van der Waals surface area contributed by atoms with Gasteiger partial charge in [-0.2, -0.15) is 0 Å². The van der Waals surface area contributed by atoms with Crippen LogP contribution in [0.3, 0.4) is 0 Å². The van der Waals surface area contributed by atoms with Gasteiger partial charge in [0.25, 0.3) is 10.0 Å². The summed E-state index contributed by atoms with van der Waals surface area (Å²) in [5.74, 6) is -0.299. The van der Waals surface area contributed by atoms with Crippen LogP contribution in [0, 0.1) is 0 Å². The number of anilines is 1. The first-order valence-electron chi connectivity index (χ1n) is 7.26. The third-order valence-corrected chi connectivity index (χ3v) is 5.20. The van der Waals surface area contributed by atoms with Crippen molar-refractivity contribution >= 4 is 33.1 Å². The van der Waals surface area contributed by atoms with E-state index < -0.39 is 10.0 Å². The van der Waals surface area contributed by atoms with Gasteiger partial charge in [0, 0.05) is 16.1 Å². The fourth-order valence-electron chi connectivity index (χ4n) is 2.38. The molecular formula is C18H14ClNO3S. The minimum absolute atomic E-state index is 0.190. The Balaban J connectivity index is 2.00. The van der Waals surface area contributed by atoms with Crippen LogP contribution in [-0.4, -0.2) is 14.2 Å². The van der Waals surface area contributed by atoms with Crippen LogP contribution in [0.5, 0.6) is 0 Å². The summed E-state index contributed by atoms with van der Waals surface area (Å²) in [5.41, 5.74) is 0.870. The molecule has 24 heavy (non-hydrogen) atoms. The molecule has 0 saturated heterocycles. The van der Waals surface area contributed by atoms with Gasteiger partial charge in [-0.25, -0.2) is 8.42 Å². The molecule has 6 heteroatoms. The van der Waals surface area contributed by atoms with Gasteiger partial charge in [-0.15, -0.1) is 0 Å². The van der Waals surface area contributed by atoms with E-state index in [1.165, 1.54) is 18.2 Å². The Bertz CT molecular complexity index is 947. The number of allylic oxidation sites excluding steroid dienone is 3. The van der Waals surface area contributed by atoms with Gasteiger partial charge in [-0.3, -0.25) is 9.52 Å². The standard InChI is InChI=1S/C18H14ClNO3S/c19-14-10-11-17(20-24(22,23)15-8-4-5-9-15)16(12-14)18(21)13-6-2-1-3-7-13/h1-4,6-12,20H,5H2. The largest absolute Gasteiger partial charge is 0.289 e. The van der Waals surface area contributed by atoms with Gasteiger partial charge in [0.2, 0.25) is 0 Å². The van der Waals surface area contributed by atoms with Crippen LogP contribution < -0.4 is 4.72 Å². The lowest BCUT2D eigenvalue weighted by molar-refractivity contribution is 0.103. The molecule has 0 saturated carbocycles. The van der Waals surface area contributed by atoms with Crippen LogP contribution in [0.1, 0.15) is 22.3 Å². The van der Waals surface area contributed by atoms with E-state index in [2.05, 4.69) is 4.72 Å². The second-order valence-electron chi connectivity index (χ2n) is 5.24. The lowest BCUT2D eigenvalue weighted by Crippen LogP contribution is -2.16. The smallest absolute Gasteiger partial charge is 0.261 e. The summed E-state index contributed by atoms with van der Waals surface area (Å²) < 4.78 is 27.3. The van der Waals surface area contributed by atoms with E-state index >= 15 is 0 Å². The van der Waals surface area contributed by atoms with Crippen LogP contribution in [-0.2, 0) is 10.0 Å². The lowest BCUT2D eigenvalue weighted by atomic mass is 10.0. The molecule has 2 aromatic rings. The molecule has 0 heterocycles. The van der Waals surface area contributed by atoms with Crippen LogP contribution in [0.25, 0.3) is 0 Å². The normalized spacial score (nSPS) is 13.6. The van der Waals surface area contributed by atoms with E-state index in [9.17, 15) is 13.2 Å². The number of halogens is 1. The summed E-state index contributed by atoms with van der Waals surface area (Å²) in [5, 5.41) is 0.359. The molecule has 0 radical (unpaired) electrons. The molecule has 0 aliphatic heterocycles. The van der Waals surface area contributed by atoms with Crippen LogP contribution in [0.4, 0.5) is 5.69 Å². The van der Waals surface area contributed by atoms with Crippen molar-refractivity contribution in [2.75, 3.05) is 4.72 Å². The monoisotopic (exact) mass is 359 g/mol. The molecule has 0 amide bonds. The highest BCUT2D eigenvalue weighted by atomic mass is 35.5. The highest BCUT2D eigenvalue weighted by Gasteiger charge is 2.21. The predicted molar refractivity (Wildman–Crippen MR) is 95.7 cm³/mol. The second kappa shape index (κ2) is 6.63. The minimum atomic E-state index is -3.74.